The van der Waals surface area contributed by atoms with Crippen LogP contribution in [0.3, 0.4) is 0 Å². The van der Waals surface area contributed by atoms with Crippen molar-refractivity contribution in [2.45, 2.75) is 65.1 Å². The van der Waals surface area contributed by atoms with E-state index in [1.165, 1.54) is 80.5 Å². The number of aryl methyl sites for hydroxylation is 2. The maximum Gasteiger partial charge on any atom is 0.216 e. The van der Waals surface area contributed by atoms with E-state index < -0.39 is 8.07 Å². The Morgan fingerprint density at radius 1 is 0.857 bits per heavy atom. The molecule has 1 saturated carbocycles. The van der Waals surface area contributed by atoms with Crippen LogP contribution in [0.1, 0.15) is 48.3 Å². The number of hydrogen-bond acceptors (Lipinski definition) is 1. The van der Waals surface area contributed by atoms with E-state index in [0.29, 0.717) is 5.92 Å². The molecular formula is C32H36NOSi+. The molecule has 0 atom stereocenters. The standard InChI is InChI=1S/C32H36NOSi/c1-20-17-27-26-14-11-23(22-9-7-8-10-22)19-30(26)34-32(27)31(21(20)2)29-15-12-24-18-25(35(4,5)6)13-16-28(24)33(29)3/h11-19,22H,7-10H2,1-6H3/q+1. The van der Waals surface area contributed by atoms with Gasteiger partial charge in [0.1, 0.15) is 18.2 Å². The van der Waals surface area contributed by atoms with Crippen molar-refractivity contribution in [3.8, 4) is 11.3 Å². The lowest BCUT2D eigenvalue weighted by atomic mass is 9.94. The van der Waals surface area contributed by atoms with Gasteiger partial charge in [-0.2, -0.15) is 4.57 Å². The maximum atomic E-state index is 6.70. The zero-order valence-corrected chi connectivity index (χ0v) is 23.0. The SMILES string of the molecule is Cc1cc2c(oc3cc(C4CCCC4)ccc32)c(-c2ccc3cc([Si](C)(C)C)ccc3[n+]2C)c1C. The zero-order valence-electron chi connectivity index (χ0n) is 22.0. The molecule has 35 heavy (non-hydrogen) atoms. The third-order valence-electron chi connectivity index (χ3n) is 8.43. The van der Waals surface area contributed by atoms with Gasteiger partial charge in [0.2, 0.25) is 11.2 Å². The van der Waals surface area contributed by atoms with Crippen LogP contribution in [-0.4, -0.2) is 8.07 Å². The molecule has 3 heteroatoms. The lowest BCUT2D eigenvalue weighted by Gasteiger charge is -2.17. The van der Waals surface area contributed by atoms with Gasteiger partial charge in [0.05, 0.1) is 13.6 Å². The average Bonchev–Trinajstić information content (AvgIpc) is 3.48. The Balaban J connectivity index is 1.58. The highest BCUT2D eigenvalue weighted by molar-refractivity contribution is 6.88. The van der Waals surface area contributed by atoms with E-state index in [4.69, 9.17) is 4.42 Å². The first-order chi connectivity index (χ1) is 16.7. The monoisotopic (exact) mass is 478 g/mol. The van der Waals surface area contributed by atoms with E-state index in [9.17, 15) is 0 Å². The second kappa shape index (κ2) is 8.06. The topological polar surface area (TPSA) is 17.0 Å². The first-order valence-corrected chi connectivity index (χ1v) is 16.6. The smallest absolute Gasteiger partial charge is 0.216 e. The van der Waals surface area contributed by atoms with E-state index in [1.807, 2.05) is 0 Å². The van der Waals surface area contributed by atoms with Gasteiger partial charge in [-0.3, -0.25) is 0 Å². The molecule has 0 saturated heterocycles. The minimum atomic E-state index is -1.36. The van der Waals surface area contributed by atoms with Crippen molar-refractivity contribution < 1.29 is 8.98 Å². The number of hydrogen-bond donors (Lipinski definition) is 0. The molecule has 0 amide bonds. The Kier molecular flexibility index (Phi) is 5.19. The van der Waals surface area contributed by atoms with E-state index in [0.717, 1.165) is 11.2 Å². The van der Waals surface area contributed by atoms with Crippen molar-refractivity contribution in [3.63, 3.8) is 0 Å². The molecule has 178 valence electrons. The predicted octanol–water partition coefficient (Wildman–Crippen LogP) is 8.05. The summed E-state index contributed by atoms with van der Waals surface area (Å²) >= 11 is 0. The first kappa shape index (κ1) is 22.5. The highest BCUT2D eigenvalue weighted by atomic mass is 28.3. The highest BCUT2D eigenvalue weighted by Gasteiger charge is 2.25. The summed E-state index contributed by atoms with van der Waals surface area (Å²) in [5.41, 5.74) is 9.78. The van der Waals surface area contributed by atoms with Gasteiger partial charge in [0, 0.05) is 28.3 Å². The maximum absolute atomic E-state index is 6.70. The van der Waals surface area contributed by atoms with Crippen LogP contribution in [0.25, 0.3) is 44.1 Å². The van der Waals surface area contributed by atoms with Gasteiger partial charge >= 0.3 is 0 Å². The van der Waals surface area contributed by atoms with Crippen LogP contribution in [0.4, 0.5) is 0 Å². The Labute approximate surface area is 209 Å². The summed E-state index contributed by atoms with van der Waals surface area (Å²) in [6.07, 6.45) is 5.32. The molecule has 0 unspecified atom stereocenters. The molecule has 2 nitrogen and oxygen atoms in total. The summed E-state index contributed by atoms with van der Waals surface area (Å²) in [7, 11) is 0.839. The number of fused-ring (bicyclic) bond motifs is 4. The minimum Gasteiger partial charge on any atom is -0.455 e. The Bertz CT molecular complexity index is 1610. The van der Waals surface area contributed by atoms with Gasteiger partial charge in [-0.15, -0.1) is 0 Å². The van der Waals surface area contributed by atoms with Gasteiger partial charge in [-0.1, -0.05) is 55.9 Å². The highest BCUT2D eigenvalue weighted by Crippen LogP contribution is 2.41. The van der Waals surface area contributed by atoms with Gasteiger partial charge in [-0.25, -0.2) is 0 Å². The van der Waals surface area contributed by atoms with Crippen LogP contribution in [0.5, 0.6) is 0 Å². The second-order valence-corrected chi connectivity index (χ2v) is 16.8. The fourth-order valence-corrected chi connectivity index (χ4v) is 7.27. The molecular weight excluding hydrogens is 442 g/mol. The lowest BCUT2D eigenvalue weighted by Crippen LogP contribution is -2.38. The lowest BCUT2D eigenvalue weighted by molar-refractivity contribution is -0.633. The third kappa shape index (κ3) is 3.63. The van der Waals surface area contributed by atoms with Crippen molar-refractivity contribution in [3.05, 3.63) is 71.3 Å². The number of furan rings is 1. The summed E-state index contributed by atoms with van der Waals surface area (Å²) in [4.78, 5) is 0. The Morgan fingerprint density at radius 2 is 1.63 bits per heavy atom. The molecule has 1 fully saturated rings. The molecule has 1 aliphatic carbocycles. The van der Waals surface area contributed by atoms with Gasteiger partial charge < -0.3 is 4.42 Å². The van der Waals surface area contributed by atoms with Crippen molar-refractivity contribution >= 4 is 46.1 Å². The number of nitrogens with zero attached hydrogens (tertiary/aromatic N) is 1. The Morgan fingerprint density at radius 3 is 2.37 bits per heavy atom. The first-order valence-electron chi connectivity index (χ1n) is 13.1. The molecule has 0 N–H and O–H groups in total. The Hall–Kier alpha value is -2.91. The van der Waals surface area contributed by atoms with E-state index >= 15 is 0 Å². The van der Waals surface area contributed by atoms with E-state index in [1.54, 1.807) is 0 Å². The predicted molar refractivity (Wildman–Crippen MR) is 152 cm³/mol. The zero-order chi connectivity index (χ0) is 24.5. The molecule has 6 rings (SSSR count). The van der Waals surface area contributed by atoms with Crippen LogP contribution in [0.2, 0.25) is 19.6 Å². The van der Waals surface area contributed by atoms with Crippen molar-refractivity contribution in [2.75, 3.05) is 0 Å². The summed E-state index contributed by atoms with van der Waals surface area (Å²) in [6.45, 7) is 11.7. The van der Waals surface area contributed by atoms with Gasteiger partial charge in [0.25, 0.3) is 0 Å². The van der Waals surface area contributed by atoms with Crippen molar-refractivity contribution in [1.29, 1.82) is 0 Å². The molecule has 1 aliphatic rings. The quantitative estimate of drug-likeness (QED) is 0.189. The molecule has 2 aromatic heterocycles. The number of benzene rings is 3. The van der Waals surface area contributed by atoms with Crippen LogP contribution in [0.15, 0.2) is 59.0 Å². The largest absolute Gasteiger partial charge is 0.455 e. The molecule has 2 heterocycles. The molecule has 5 aromatic rings. The van der Waals surface area contributed by atoms with E-state index in [2.05, 4.69) is 99.7 Å². The molecule has 0 radical (unpaired) electrons. The second-order valence-electron chi connectivity index (χ2n) is 11.7. The van der Waals surface area contributed by atoms with Crippen LogP contribution in [0, 0.1) is 13.8 Å². The van der Waals surface area contributed by atoms with Crippen LogP contribution < -0.4 is 9.75 Å². The van der Waals surface area contributed by atoms with E-state index in [-0.39, 0.29) is 0 Å². The fourth-order valence-electron chi connectivity index (χ4n) is 6.10. The van der Waals surface area contributed by atoms with Crippen LogP contribution >= 0.6 is 0 Å². The third-order valence-corrected chi connectivity index (χ3v) is 10.5. The van der Waals surface area contributed by atoms with Gasteiger partial charge in [0.15, 0.2) is 0 Å². The molecule has 0 bridgehead atoms. The summed E-state index contributed by atoms with van der Waals surface area (Å²) < 4.78 is 9.05. The molecule has 0 spiro atoms. The van der Waals surface area contributed by atoms with Crippen molar-refractivity contribution in [2.24, 2.45) is 7.05 Å². The summed E-state index contributed by atoms with van der Waals surface area (Å²) in [6, 6.07) is 20.9. The number of aromatic nitrogens is 1. The number of rotatable bonds is 3. The summed E-state index contributed by atoms with van der Waals surface area (Å²) in [5.74, 6) is 0.690. The molecule has 3 aromatic carbocycles. The fraction of sp³-hybridized carbons (Fsp3) is 0.344. The minimum absolute atomic E-state index is 0.690. The van der Waals surface area contributed by atoms with Gasteiger partial charge in [-0.05, 0) is 73.6 Å². The van der Waals surface area contributed by atoms with Crippen LogP contribution in [-0.2, 0) is 7.05 Å². The van der Waals surface area contributed by atoms with Crippen molar-refractivity contribution in [1.82, 2.24) is 0 Å². The summed E-state index contributed by atoms with van der Waals surface area (Å²) in [5, 5.41) is 5.27. The molecule has 0 aliphatic heterocycles. The number of pyridine rings is 1. The average molecular weight is 479 g/mol. The normalized spacial score (nSPS) is 15.1.